The minimum absolute atomic E-state index is 0.0721. The van der Waals surface area contributed by atoms with E-state index < -0.39 is 23.5 Å². The van der Waals surface area contributed by atoms with Crippen molar-refractivity contribution in [2.45, 2.75) is 26.3 Å². The van der Waals surface area contributed by atoms with E-state index in [2.05, 4.69) is 10.7 Å². The Morgan fingerprint density at radius 3 is 2.41 bits per heavy atom. The molecule has 0 aliphatic carbocycles. The topological polar surface area (TPSA) is 96.5 Å². The van der Waals surface area contributed by atoms with Crippen LogP contribution >= 0.6 is 0 Å². The number of amides is 3. The molecule has 3 N–H and O–H groups in total. The van der Waals surface area contributed by atoms with Gasteiger partial charge in [0, 0.05) is 6.04 Å². The smallest absolute Gasteiger partial charge is 0.327 e. The van der Waals surface area contributed by atoms with E-state index in [-0.39, 0.29) is 18.2 Å². The molecule has 0 aromatic heterocycles. The molecule has 3 amide bonds. The van der Waals surface area contributed by atoms with Crippen molar-refractivity contribution in [2.24, 2.45) is 0 Å². The molecular weight excluding hydrogens is 293 g/mol. The normalized spacial score (nSPS) is 10.0. The molecule has 1 rings (SSSR count). The van der Waals surface area contributed by atoms with Crippen molar-refractivity contribution < 1.29 is 23.5 Å². The molecule has 0 atom stereocenters. The van der Waals surface area contributed by atoms with Crippen LogP contribution in [0.4, 0.5) is 4.39 Å². The lowest BCUT2D eigenvalue weighted by Crippen LogP contribution is -2.50. The molecule has 0 radical (unpaired) electrons. The first-order chi connectivity index (χ1) is 10.3. The van der Waals surface area contributed by atoms with E-state index in [1.54, 1.807) is 13.8 Å². The van der Waals surface area contributed by atoms with Crippen molar-refractivity contribution in [3.8, 4) is 5.75 Å². The molecule has 0 saturated heterocycles. The van der Waals surface area contributed by atoms with Crippen molar-refractivity contribution in [3.63, 3.8) is 0 Å². The molecule has 0 aliphatic heterocycles. The quantitative estimate of drug-likeness (QED) is 0.541. The molecule has 7 nitrogen and oxygen atoms in total. The van der Waals surface area contributed by atoms with Gasteiger partial charge in [0.2, 0.25) is 5.91 Å². The number of hydrogen-bond acceptors (Lipinski definition) is 4. The van der Waals surface area contributed by atoms with Gasteiger partial charge in [0.1, 0.15) is 0 Å². The van der Waals surface area contributed by atoms with E-state index in [4.69, 9.17) is 4.74 Å². The van der Waals surface area contributed by atoms with Gasteiger partial charge < -0.3 is 10.1 Å². The predicted octanol–water partition coefficient (Wildman–Crippen LogP) is 0.0488. The van der Waals surface area contributed by atoms with Gasteiger partial charge in [-0.15, -0.1) is 0 Å². The van der Waals surface area contributed by atoms with Gasteiger partial charge in [-0.2, -0.15) is 0 Å². The van der Waals surface area contributed by atoms with Crippen LogP contribution in [0.2, 0.25) is 0 Å². The Hall–Kier alpha value is -2.64. The Morgan fingerprint density at radius 2 is 1.86 bits per heavy atom. The average molecular weight is 311 g/mol. The molecule has 8 heteroatoms. The van der Waals surface area contributed by atoms with Crippen molar-refractivity contribution >= 4 is 17.7 Å². The Morgan fingerprint density at radius 1 is 1.18 bits per heavy atom. The Balaban J connectivity index is 2.48. The SMILES string of the molecule is COc1ccc(CC(=O)NNC(=O)C(=O)NC(C)C)cc1F. The van der Waals surface area contributed by atoms with Crippen molar-refractivity contribution in [1.29, 1.82) is 0 Å². The molecule has 1 aromatic rings. The summed E-state index contributed by atoms with van der Waals surface area (Å²) >= 11 is 0. The number of carbonyl (C=O) groups excluding carboxylic acids is 3. The zero-order valence-corrected chi connectivity index (χ0v) is 12.5. The number of ether oxygens (including phenoxy) is 1. The number of rotatable bonds is 4. The summed E-state index contributed by atoms with van der Waals surface area (Å²) in [5.74, 6) is -2.94. The van der Waals surface area contributed by atoms with Crippen LogP contribution in [0.15, 0.2) is 18.2 Å². The zero-order valence-electron chi connectivity index (χ0n) is 12.5. The van der Waals surface area contributed by atoms with Crippen molar-refractivity contribution in [3.05, 3.63) is 29.6 Å². The zero-order chi connectivity index (χ0) is 16.7. The van der Waals surface area contributed by atoms with Crippen molar-refractivity contribution in [1.82, 2.24) is 16.2 Å². The highest BCUT2D eigenvalue weighted by Crippen LogP contribution is 2.17. The summed E-state index contributed by atoms with van der Waals surface area (Å²) in [6, 6.07) is 3.88. The van der Waals surface area contributed by atoms with Gasteiger partial charge in [-0.05, 0) is 31.5 Å². The van der Waals surface area contributed by atoms with E-state index in [0.29, 0.717) is 5.56 Å². The lowest BCUT2D eigenvalue weighted by atomic mass is 10.1. The molecule has 0 heterocycles. The third-order valence-electron chi connectivity index (χ3n) is 2.52. The fourth-order valence-corrected chi connectivity index (χ4v) is 1.56. The number of hydrogen-bond donors (Lipinski definition) is 3. The van der Waals surface area contributed by atoms with E-state index >= 15 is 0 Å². The Bertz CT molecular complexity index is 575. The summed E-state index contributed by atoms with van der Waals surface area (Å²) < 4.78 is 18.2. The molecule has 1 aromatic carbocycles. The third-order valence-corrected chi connectivity index (χ3v) is 2.52. The average Bonchev–Trinajstić information content (AvgIpc) is 2.44. The molecule has 120 valence electrons. The van der Waals surface area contributed by atoms with E-state index in [0.717, 1.165) is 6.07 Å². The maximum Gasteiger partial charge on any atom is 0.327 e. The summed E-state index contributed by atoms with van der Waals surface area (Å²) in [7, 11) is 1.34. The number of nitrogens with one attached hydrogen (secondary N) is 3. The lowest BCUT2D eigenvalue weighted by molar-refractivity contribution is -0.141. The fraction of sp³-hybridized carbons (Fsp3) is 0.357. The highest BCUT2D eigenvalue weighted by molar-refractivity contribution is 6.35. The Kier molecular flexibility index (Phi) is 6.30. The summed E-state index contributed by atoms with van der Waals surface area (Å²) in [6.45, 7) is 3.39. The molecule has 0 bridgehead atoms. The first kappa shape index (κ1) is 17.4. The van der Waals surface area contributed by atoms with Gasteiger partial charge in [0.05, 0.1) is 13.5 Å². The fourth-order valence-electron chi connectivity index (χ4n) is 1.56. The highest BCUT2D eigenvalue weighted by atomic mass is 19.1. The van der Waals surface area contributed by atoms with Gasteiger partial charge in [0.15, 0.2) is 11.6 Å². The van der Waals surface area contributed by atoms with E-state index in [1.165, 1.54) is 19.2 Å². The molecule has 0 fully saturated rings. The van der Waals surface area contributed by atoms with Gasteiger partial charge in [-0.1, -0.05) is 6.07 Å². The van der Waals surface area contributed by atoms with Gasteiger partial charge in [-0.3, -0.25) is 25.2 Å². The summed E-state index contributed by atoms with van der Waals surface area (Å²) in [5, 5.41) is 2.37. The molecule has 22 heavy (non-hydrogen) atoms. The maximum absolute atomic E-state index is 13.5. The van der Waals surface area contributed by atoms with Gasteiger partial charge >= 0.3 is 11.8 Å². The molecule has 0 spiro atoms. The van der Waals surface area contributed by atoms with Crippen LogP contribution in [0.5, 0.6) is 5.75 Å². The second-order valence-electron chi connectivity index (χ2n) is 4.78. The first-order valence-corrected chi connectivity index (χ1v) is 6.55. The summed E-state index contributed by atoms with van der Waals surface area (Å²) in [5.41, 5.74) is 4.46. The van der Waals surface area contributed by atoms with Crippen LogP contribution in [0.25, 0.3) is 0 Å². The molecule has 0 saturated carbocycles. The van der Waals surface area contributed by atoms with E-state index in [9.17, 15) is 18.8 Å². The minimum Gasteiger partial charge on any atom is -0.494 e. The number of carbonyl (C=O) groups is 3. The highest BCUT2D eigenvalue weighted by Gasteiger charge is 2.15. The standard InChI is InChI=1S/C14H18FN3O4/c1-8(2)16-13(20)14(21)18-17-12(19)7-9-4-5-11(22-3)10(15)6-9/h4-6,8H,7H2,1-3H3,(H,16,20)(H,17,19)(H,18,21). The number of hydrazine groups is 1. The minimum atomic E-state index is -0.983. The lowest BCUT2D eigenvalue weighted by Gasteiger charge is -2.10. The van der Waals surface area contributed by atoms with E-state index in [1.807, 2.05) is 5.43 Å². The third kappa shape index (κ3) is 5.39. The van der Waals surface area contributed by atoms with Gasteiger partial charge in [-0.25, -0.2) is 4.39 Å². The molecule has 0 unspecified atom stereocenters. The van der Waals surface area contributed by atoms with Gasteiger partial charge in [0.25, 0.3) is 0 Å². The first-order valence-electron chi connectivity index (χ1n) is 6.55. The Labute approximate surface area is 127 Å². The molecular formula is C14H18FN3O4. The van der Waals surface area contributed by atoms with Crippen molar-refractivity contribution in [2.75, 3.05) is 7.11 Å². The largest absolute Gasteiger partial charge is 0.494 e. The monoisotopic (exact) mass is 311 g/mol. The van der Waals surface area contributed by atoms with Crippen LogP contribution < -0.4 is 20.9 Å². The maximum atomic E-state index is 13.5. The van der Waals surface area contributed by atoms with Crippen LogP contribution in [0.1, 0.15) is 19.4 Å². The molecule has 0 aliphatic rings. The van der Waals surface area contributed by atoms with Crippen LogP contribution in [0, 0.1) is 5.82 Å². The predicted molar refractivity (Wildman–Crippen MR) is 76.2 cm³/mol. The summed E-state index contributed by atoms with van der Waals surface area (Å²) in [4.78, 5) is 34.3. The summed E-state index contributed by atoms with van der Waals surface area (Å²) in [6.07, 6.45) is -0.160. The number of halogens is 1. The van der Waals surface area contributed by atoms with Crippen LogP contribution in [0.3, 0.4) is 0 Å². The number of benzene rings is 1. The second kappa shape index (κ2) is 7.96. The second-order valence-corrected chi connectivity index (χ2v) is 4.78. The number of methoxy groups -OCH3 is 1. The van der Waals surface area contributed by atoms with Crippen LogP contribution in [-0.2, 0) is 20.8 Å². The van der Waals surface area contributed by atoms with Crippen LogP contribution in [-0.4, -0.2) is 30.9 Å².